The Morgan fingerprint density at radius 2 is 1.64 bits per heavy atom. The van der Waals surface area contributed by atoms with Crippen molar-refractivity contribution in [3.63, 3.8) is 0 Å². The number of hydrogen-bond acceptors (Lipinski definition) is 1. The molecular weight excluding hydrogens is 364 g/mol. The Morgan fingerprint density at radius 3 is 2.00 bits per heavy atom. The molecule has 1 aromatic rings. The molecule has 0 saturated carbocycles. The summed E-state index contributed by atoms with van der Waals surface area (Å²) < 4.78 is 2.57. The lowest BCUT2D eigenvalue weighted by molar-refractivity contribution is 1.39. The summed E-state index contributed by atoms with van der Waals surface area (Å²) in [6.45, 7) is 2.11. The standard InChI is InChI=1S/C8H9I2N/c1-5-3-6(9)8(11-2)7(10)4-5/h3-4,11H,1-2H3. The molecule has 0 bridgehead atoms. The van der Waals surface area contributed by atoms with E-state index in [0.717, 1.165) is 0 Å². The van der Waals surface area contributed by atoms with Gasteiger partial charge < -0.3 is 5.32 Å². The van der Waals surface area contributed by atoms with Gasteiger partial charge in [0.25, 0.3) is 0 Å². The van der Waals surface area contributed by atoms with Crippen molar-refractivity contribution in [1.29, 1.82) is 0 Å². The number of hydrogen-bond donors (Lipinski definition) is 1. The molecule has 11 heavy (non-hydrogen) atoms. The third kappa shape index (κ3) is 2.21. The molecule has 0 spiro atoms. The molecule has 0 fully saturated rings. The minimum atomic E-state index is 1.23. The van der Waals surface area contributed by atoms with Gasteiger partial charge in [-0.25, -0.2) is 0 Å². The molecule has 0 heterocycles. The van der Waals surface area contributed by atoms with Gasteiger partial charge in [0.15, 0.2) is 0 Å². The van der Waals surface area contributed by atoms with Crippen LogP contribution in [0.25, 0.3) is 0 Å². The van der Waals surface area contributed by atoms with Gasteiger partial charge >= 0.3 is 0 Å². The smallest absolute Gasteiger partial charge is 0.0609 e. The molecule has 0 aliphatic carbocycles. The van der Waals surface area contributed by atoms with Crippen LogP contribution in [0.15, 0.2) is 12.1 Å². The average molecular weight is 373 g/mol. The van der Waals surface area contributed by atoms with E-state index in [2.05, 4.69) is 69.6 Å². The topological polar surface area (TPSA) is 12.0 Å². The van der Waals surface area contributed by atoms with Crippen molar-refractivity contribution in [2.24, 2.45) is 0 Å². The molecule has 60 valence electrons. The van der Waals surface area contributed by atoms with Gasteiger partial charge in [0.05, 0.1) is 5.69 Å². The summed E-state index contributed by atoms with van der Waals surface area (Å²) in [4.78, 5) is 0. The molecule has 0 unspecified atom stereocenters. The Bertz CT molecular complexity index is 248. The van der Waals surface area contributed by atoms with Gasteiger partial charge in [0.2, 0.25) is 0 Å². The van der Waals surface area contributed by atoms with Gasteiger partial charge in [-0.15, -0.1) is 0 Å². The Hall–Kier alpha value is 0.480. The molecule has 0 radical (unpaired) electrons. The highest BCUT2D eigenvalue weighted by molar-refractivity contribution is 14.1. The predicted molar refractivity (Wildman–Crippen MR) is 66.2 cm³/mol. The van der Waals surface area contributed by atoms with Crippen molar-refractivity contribution in [2.45, 2.75) is 6.92 Å². The zero-order chi connectivity index (χ0) is 8.43. The maximum atomic E-state index is 3.18. The molecule has 1 aromatic carbocycles. The first-order valence-electron chi connectivity index (χ1n) is 3.28. The lowest BCUT2D eigenvalue weighted by Gasteiger charge is -2.07. The number of aryl methyl sites for hydroxylation is 1. The maximum Gasteiger partial charge on any atom is 0.0609 e. The highest BCUT2D eigenvalue weighted by Gasteiger charge is 2.02. The van der Waals surface area contributed by atoms with Crippen LogP contribution in [-0.4, -0.2) is 7.05 Å². The summed E-state index contributed by atoms with van der Waals surface area (Å²) in [7, 11) is 1.95. The summed E-state index contributed by atoms with van der Waals surface area (Å²) in [5, 5.41) is 3.18. The average Bonchev–Trinajstić information content (AvgIpc) is 1.85. The second kappa shape index (κ2) is 3.93. The minimum absolute atomic E-state index is 1.23. The highest BCUT2D eigenvalue weighted by Crippen LogP contribution is 2.25. The van der Waals surface area contributed by atoms with E-state index >= 15 is 0 Å². The van der Waals surface area contributed by atoms with E-state index in [1.54, 1.807) is 0 Å². The summed E-state index contributed by atoms with van der Waals surface area (Å²) in [5.74, 6) is 0. The van der Waals surface area contributed by atoms with Gasteiger partial charge in [-0.05, 0) is 69.8 Å². The van der Waals surface area contributed by atoms with Crippen LogP contribution in [0, 0.1) is 14.1 Å². The van der Waals surface area contributed by atoms with Crippen LogP contribution in [0.2, 0.25) is 0 Å². The first-order valence-corrected chi connectivity index (χ1v) is 5.44. The van der Waals surface area contributed by atoms with Gasteiger partial charge in [0, 0.05) is 14.2 Å². The fourth-order valence-electron chi connectivity index (χ4n) is 0.939. The van der Waals surface area contributed by atoms with Crippen molar-refractivity contribution >= 4 is 50.9 Å². The zero-order valence-corrected chi connectivity index (χ0v) is 10.7. The van der Waals surface area contributed by atoms with Crippen molar-refractivity contribution in [3.05, 3.63) is 24.8 Å². The molecule has 1 N–H and O–H groups in total. The first-order chi connectivity index (χ1) is 5.15. The summed E-state index contributed by atoms with van der Waals surface area (Å²) in [6, 6.07) is 4.35. The number of nitrogens with one attached hydrogen (secondary N) is 1. The van der Waals surface area contributed by atoms with Gasteiger partial charge in [0.1, 0.15) is 0 Å². The Kier molecular flexibility index (Phi) is 3.42. The third-order valence-corrected chi connectivity index (χ3v) is 3.14. The number of anilines is 1. The lowest BCUT2D eigenvalue weighted by atomic mass is 10.2. The van der Waals surface area contributed by atoms with Crippen LogP contribution >= 0.6 is 45.2 Å². The van der Waals surface area contributed by atoms with E-state index in [1.807, 2.05) is 7.05 Å². The fourth-order valence-corrected chi connectivity index (χ4v) is 3.56. The van der Waals surface area contributed by atoms with Crippen molar-refractivity contribution in [1.82, 2.24) is 0 Å². The molecule has 1 nitrogen and oxygen atoms in total. The van der Waals surface area contributed by atoms with Gasteiger partial charge in [-0.2, -0.15) is 0 Å². The van der Waals surface area contributed by atoms with Crippen molar-refractivity contribution in [2.75, 3.05) is 12.4 Å². The predicted octanol–water partition coefficient (Wildman–Crippen LogP) is 3.25. The van der Waals surface area contributed by atoms with Crippen LogP contribution in [0.4, 0.5) is 5.69 Å². The number of benzene rings is 1. The van der Waals surface area contributed by atoms with E-state index in [0.29, 0.717) is 0 Å². The SMILES string of the molecule is CNc1c(I)cc(C)cc1I. The second-order valence-corrected chi connectivity index (χ2v) is 4.68. The van der Waals surface area contributed by atoms with Crippen LogP contribution in [0.1, 0.15) is 5.56 Å². The Morgan fingerprint density at radius 1 is 1.18 bits per heavy atom. The van der Waals surface area contributed by atoms with Crippen molar-refractivity contribution < 1.29 is 0 Å². The van der Waals surface area contributed by atoms with E-state index in [9.17, 15) is 0 Å². The van der Waals surface area contributed by atoms with Crippen LogP contribution < -0.4 is 5.32 Å². The minimum Gasteiger partial charge on any atom is -0.386 e. The monoisotopic (exact) mass is 373 g/mol. The summed E-state index contributed by atoms with van der Waals surface area (Å²) >= 11 is 4.69. The molecule has 0 saturated heterocycles. The van der Waals surface area contributed by atoms with Crippen molar-refractivity contribution in [3.8, 4) is 0 Å². The largest absolute Gasteiger partial charge is 0.386 e. The summed E-state index contributed by atoms with van der Waals surface area (Å²) in [6.07, 6.45) is 0. The first kappa shape index (κ1) is 9.57. The maximum absolute atomic E-state index is 3.18. The number of halogens is 2. The van der Waals surface area contributed by atoms with Gasteiger partial charge in [-0.1, -0.05) is 0 Å². The zero-order valence-electron chi connectivity index (χ0n) is 6.41. The van der Waals surface area contributed by atoms with Crippen LogP contribution in [0.3, 0.4) is 0 Å². The normalized spacial score (nSPS) is 9.82. The molecule has 3 heteroatoms. The lowest BCUT2D eigenvalue weighted by Crippen LogP contribution is -1.95. The Labute approximate surface area is 94.2 Å². The van der Waals surface area contributed by atoms with Crippen LogP contribution in [-0.2, 0) is 0 Å². The molecule has 0 aliphatic heterocycles. The molecule has 1 rings (SSSR count). The number of rotatable bonds is 1. The molecular formula is C8H9I2N. The van der Waals surface area contributed by atoms with E-state index in [-0.39, 0.29) is 0 Å². The van der Waals surface area contributed by atoms with E-state index in [4.69, 9.17) is 0 Å². The van der Waals surface area contributed by atoms with Crippen LogP contribution in [0.5, 0.6) is 0 Å². The molecule has 0 aromatic heterocycles. The third-order valence-electron chi connectivity index (χ3n) is 1.44. The van der Waals surface area contributed by atoms with E-state index in [1.165, 1.54) is 18.4 Å². The highest BCUT2D eigenvalue weighted by atomic mass is 127. The Balaban J connectivity index is 3.25. The van der Waals surface area contributed by atoms with Gasteiger partial charge in [-0.3, -0.25) is 0 Å². The fraction of sp³-hybridized carbons (Fsp3) is 0.250. The quantitative estimate of drug-likeness (QED) is 0.746. The molecule has 0 amide bonds. The summed E-state index contributed by atoms with van der Waals surface area (Å²) in [5.41, 5.74) is 2.55. The van der Waals surface area contributed by atoms with E-state index < -0.39 is 0 Å². The second-order valence-electron chi connectivity index (χ2n) is 2.35. The molecule has 0 atom stereocenters. The molecule has 0 aliphatic rings.